The first-order valence-corrected chi connectivity index (χ1v) is 12.6. The van der Waals surface area contributed by atoms with Crippen LogP contribution in [0.25, 0.3) is 6.08 Å². The smallest absolute Gasteiger partial charge is 0.253 e. The minimum Gasteiger partial charge on any atom is -0.462 e. The predicted molar refractivity (Wildman–Crippen MR) is 135 cm³/mol. The van der Waals surface area contributed by atoms with E-state index in [0.29, 0.717) is 31.0 Å². The van der Waals surface area contributed by atoms with Gasteiger partial charge in [-0.1, -0.05) is 6.07 Å². The van der Waals surface area contributed by atoms with Gasteiger partial charge >= 0.3 is 0 Å². The molecule has 4 rings (SSSR count). The Labute approximate surface area is 204 Å². The predicted octanol–water partition coefficient (Wildman–Crippen LogP) is 5.05. The van der Waals surface area contributed by atoms with Crippen LogP contribution in [0.3, 0.4) is 0 Å². The van der Waals surface area contributed by atoms with Gasteiger partial charge in [0.2, 0.25) is 5.91 Å². The molecule has 2 amide bonds. The Balaban J connectivity index is 1.36. The minimum absolute atomic E-state index is 0.0195. The van der Waals surface area contributed by atoms with Crippen molar-refractivity contribution in [1.82, 2.24) is 15.2 Å². The van der Waals surface area contributed by atoms with Gasteiger partial charge in [-0.25, -0.2) is 0 Å². The van der Waals surface area contributed by atoms with Gasteiger partial charge in [-0.2, -0.15) is 0 Å². The Kier molecular flexibility index (Phi) is 7.63. The number of hydrogen-bond acceptors (Lipinski definition) is 5. The molecule has 0 spiro atoms. The molecule has 178 valence electrons. The highest BCUT2D eigenvalue weighted by molar-refractivity contribution is 7.09. The van der Waals surface area contributed by atoms with Gasteiger partial charge in [0, 0.05) is 42.2 Å². The molecule has 0 saturated carbocycles. The van der Waals surface area contributed by atoms with Crippen LogP contribution >= 0.6 is 11.3 Å². The molecule has 1 saturated heterocycles. The number of thiophene rings is 1. The topological polar surface area (TPSA) is 75.4 Å². The molecule has 7 heteroatoms. The van der Waals surface area contributed by atoms with E-state index in [0.717, 1.165) is 42.0 Å². The van der Waals surface area contributed by atoms with Crippen molar-refractivity contribution in [2.24, 2.45) is 0 Å². The number of nitrogens with zero attached hydrogens (tertiary/aromatic N) is 2. The van der Waals surface area contributed by atoms with Gasteiger partial charge in [-0.15, -0.1) is 11.3 Å². The second kappa shape index (κ2) is 10.8. The molecule has 6 nitrogen and oxygen atoms in total. The summed E-state index contributed by atoms with van der Waals surface area (Å²) in [5.74, 6) is 1.61. The Morgan fingerprint density at radius 3 is 2.68 bits per heavy atom. The molecule has 3 aromatic rings. The number of carbonyl (C=O) groups excluding carboxylic acids is 2. The Hall–Kier alpha value is -3.19. The molecule has 0 aliphatic carbocycles. The average molecular weight is 478 g/mol. The van der Waals surface area contributed by atoms with Crippen molar-refractivity contribution >= 4 is 29.2 Å². The normalized spacial score (nSPS) is 14.6. The molecule has 34 heavy (non-hydrogen) atoms. The van der Waals surface area contributed by atoms with Gasteiger partial charge in [0.1, 0.15) is 11.5 Å². The average Bonchev–Trinajstić information content (AvgIpc) is 3.46. The number of hydrogen-bond donors (Lipinski definition) is 1. The van der Waals surface area contributed by atoms with E-state index in [9.17, 15) is 9.59 Å². The van der Waals surface area contributed by atoms with Crippen LogP contribution in [0, 0.1) is 20.8 Å². The highest BCUT2D eigenvalue weighted by Gasteiger charge is 2.27. The standard InChI is InChI=1S/C27H31N3O3S/c1-18-17-22(33-20(18)3)7-9-25(31)30-14-11-21(12-15-30)26-24(8-6-19(2)29-26)27(32)28-13-10-23-5-4-16-34-23/h4-9,16-17,21H,10-15H2,1-3H3,(H,28,32)/b9-7+. The van der Waals surface area contributed by atoms with Gasteiger partial charge in [0.05, 0.1) is 11.3 Å². The first-order chi connectivity index (χ1) is 16.4. The second-order valence-electron chi connectivity index (χ2n) is 8.79. The first kappa shape index (κ1) is 24.0. The Morgan fingerprint density at radius 1 is 1.21 bits per heavy atom. The molecule has 1 fully saturated rings. The lowest BCUT2D eigenvalue weighted by Gasteiger charge is -2.31. The van der Waals surface area contributed by atoms with Crippen LogP contribution in [0.5, 0.6) is 0 Å². The van der Waals surface area contributed by atoms with E-state index in [1.165, 1.54) is 4.88 Å². The number of aryl methyl sites for hydroxylation is 3. The summed E-state index contributed by atoms with van der Waals surface area (Å²) in [7, 11) is 0. The van der Waals surface area contributed by atoms with Crippen LogP contribution in [0.15, 0.2) is 46.2 Å². The van der Waals surface area contributed by atoms with Crippen molar-refractivity contribution < 1.29 is 14.0 Å². The maximum atomic E-state index is 12.9. The Bertz CT molecular complexity index is 1150. The lowest BCUT2D eigenvalue weighted by Crippen LogP contribution is -2.37. The van der Waals surface area contributed by atoms with Crippen molar-refractivity contribution in [3.63, 3.8) is 0 Å². The third-order valence-electron chi connectivity index (χ3n) is 6.31. The molecule has 0 atom stereocenters. The van der Waals surface area contributed by atoms with Crippen molar-refractivity contribution in [3.8, 4) is 0 Å². The van der Waals surface area contributed by atoms with Gasteiger partial charge < -0.3 is 14.6 Å². The molecule has 1 aliphatic rings. The molecule has 0 aromatic carbocycles. The number of rotatable bonds is 7. The summed E-state index contributed by atoms with van der Waals surface area (Å²) >= 11 is 1.70. The molecular formula is C27H31N3O3S. The quantitative estimate of drug-likeness (QED) is 0.483. The highest BCUT2D eigenvalue weighted by Crippen LogP contribution is 2.30. The summed E-state index contributed by atoms with van der Waals surface area (Å²) in [4.78, 5) is 33.5. The summed E-state index contributed by atoms with van der Waals surface area (Å²) in [6.45, 7) is 7.72. The summed E-state index contributed by atoms with van der Waals surface area (Å²) in [5, 5.41) is 5.09. The molecular weight excluding hydrogens is 446 g/mol. The van der Waals surface area contributed by atoms with Crippen molar-refractivity contribution in [3.05, 3.63) is 80.7 Å². The number of nitrogens with one attached hydrogen (secondary N) is 1. The number of aromatic nitrogens is 1. The van der Waals surface area contributed by atoms with E-state index >= 15 is 0 Å². The van der Waals surface area contributed by atoms with E-state index in [4.69, 9.17) is 9.40 Å². The molecule has 3 aromatic heterocycles. The van der Waals surface area contributed by atoms with E-state index in [1.54, 1.807) is 23.5 Å². The molecule has 4 heterocycles. The number of likely N-dealkylation sites (tertiary alicyclic amines) is 1. The first-order valence-electron chi connectivity index (χ1n) is 11.7. The number of amides is 2. The number of pyridine rings is 1. The number of piperidine rings is 1. The van der Waals surface area contributed by atoms with Crippen LogP contribution in [0.1, 0.15) is 62.5 Å². The van der Waals surface area contributed by atoms with Crippen LogP contribution < -0.4 is 5.32 Å². The van der Waals surface area contributed by atoms with Crippen molar-refractivity contribution in [2.75, 3.05) is 19.6 Å². The largest absolute Gasteiger partial charge is 0.462 e. The molecule has 1 aliphatic heterocycles. The van der Waals surface area contributed by atoms with Crippen LogP contribution in [0.2, 0.25) is 0 Å². The van der Waals surface area contributed by atoms with Crippen molar-refractivity contribution in [1.29, 1.82) is 0 Å². The zero-order valence-electron chi connectivity index (χ0n) is 20.0. The molecule has 0 unspecified atom stereocenters. The fourth-order valence-corrected chi connectivity index (χ4v) is 4.95. The lowest BCUT2D eigenvalue weighted by atomic mass is 9.89. The van der Waals surface area contributed by atoms with Crippen LogP contribution in [-0.2, 0) is 11.2 Å². The zero-order chi connectivity index (χ0) is 24.1. The minimum atomic E-state index is -0.0791. The van der Waals surface area contributed by atoms with Gasteiger partial charge in [-0.05, 0) is 81.3 Å². The third-order valence-corrected chi connectivity index (χ3v) is 7.25. The van der Waals surface area contributed by atoms with Crippen LogP contribution in [0.4, 0.5) is 0 Å². The van der Waals surface area contributed by atoms with E-state index < -0.39 is 0 Å². The number of carbonyl (C=O) groups is 2. The summed E-state index contributed by atoms with van der Waals surface area (Å²) < 4.78 is 5.62. The van der Waals surface area contributed by atoms with E-state index in [1.807, 2.05) is 55.3 Å². The summed E-state index contributed by atoms with van der Waals surface area (Å²) in [6.07, 6.45) is 5.70. The second-order valence-corrected chi connectivity index (χ2v) is 9.82. The molecule has 1 N–H and O–H groups in total. The lowest BCUT2D eigenvalue weighted by molar-refractivity contribution is -0.127. The highest BCUT2D eigenvalue weighted by atomic mass is 32.1. The maximum Gasteiger partial charge on any atom is 0.253 e. The van der Waals surface area contributed by atoms with Gasteiger partial charge in [-0.3, -0.25) is 14.6 Å². The van der Waals surface area contributed by atoms with E-state index in [-0.39, 0.29) is 17.7 Å². The molecule has 0 bridgehead atoms. The maximum absolute atomic E-state index is 12.9. The SMILES string of the molecule is Cc1ccc(C(=O)NCCc2cccs2)c(C2CCN(C(=O)/C=C/c3cc(C)c(C)o3)CC2)n1. The van der Waals surface area contributed by atoms with Crippen LogP contribution in [-0.4, -0.2) is 41.3 Å². The monoisotopic (exact) mass is 477 g/mol. The summed E-state index contributed by atoms with van der Waals surface area (Å²) in [5.41, 5.74) is 3.46. The third kappa shape index (κ3) is 5.83. The molecule has 0 radical (unpaired) electrons. The fourth-order valence-electron chi connectivity index (χ4n) is 4.25. The summed E-state index contributed by atoms with van der Waals surface area (Å²) in [6, 6.07) is 9.80. The van der Waals surface area contributed by atoms with Crippen molar-refractivity contribution in [2.45, 2.75) is 46.0 Å². The zero-order valence-corrected chi connectivity index (χ0v) is 20.8. The van der Waals surface area contributed by atoms with E-state index in [2.05, 4.69) is 11.4 Å². The Morgan fingerprint density at radius 2 is 2.00 bits per heavy atom. The van der Waals surface area contributed by atoms with Gasteiger partial charge in [0.15, 0.2) is 0 Å². The number of furan rings is 1. The van der Waals surface area contributed by atoms with Gasteiger partial charge in [0.25, 0.3) is 5.91 Å². The fraction of sp³-hybridized carbons (Fsp3) is 0.370.